The van der Waals surface area contributed by atoms with Crippen LogP contribution in [-0.2, 0) is 29.0 Å². The van der Waals surface area contributed by atoms with Crippen LogP contribution in [0.1, 0.15) is 47.2 Å². The van der Waals surface area contributed by atoms with Crippen molar-refractivity contribution in [3.05, 3.63) is 102 Å². The van der Waals surface area contributed by atoms with E-state index < -0.39 is 17.7 Å². The Kier molecular flexibility index (Phi) is 9.21. The Bertz CT molecular complexity index is 1630. The molecule has 0 aliphatic carbocycles. The molecule has 1 unspecified atom stereocenters. The first-order valence-corrected chi connectivity index (χ1v) is 15.8. The number of carbonyl (C=O) groups excluding carboxylic acids is 1. The molecule has 45 heavy (non-hydrogen) atoms. The number of ether oxygens (including phenoxy) is 1. The molecule has 0 radical (unpaired) electrons. The first-order valence-electron chi connectivity index (χ1n) is 15.8. The molecule has 3 aromatic carbocycles. The normalized spacial score (nSPS) is 18.5. The van der Waals surface area contributed by atoms with Crippen LogP contribution in [0.5, 0.6) is 0 Å². The number of aryl methyl sites for hydroxylation is 2. The van der Waals surface area contributed by atoms with Crippen LogP contribution >= 0.6 is 0 Å². The smallest absolute Gasteiger partial charge is 0.335 e. The highest BCUT2D eigenvalue weighted by Crippen LogP contribution is 2.42. The van der Waals surface area contributed by atoms with Gasteiger partial charge in [0, 0.05) is 55.4 Å². The van der Waals surface area contributed by atoms with E-state index in [1.807, 2.05) is 30.3 Å². The van der Waals surface area contributed by atoms with E-state index in [0.29, 0.717) is 26.1 Å². The Morgan fingerprint density at radius 2 is 1.71 bits per heavy atom. The van der Waals surface area contributed by atoms with Gasteiger partial charge < -0.3 is 29.3 Å². The molecule has 2 N–H and O–H groups in total. The molecule has 2 aliphatic rings. The minimum atomic E-state index is -0.947. The van der Waals surface area contributed by atoms with E-state index in [-0.39, 0.29) is 11.5 Å². The van der Waals surface area contributed by atoms with E-state index in [2.05, 4.69) is 55.8 Å². The lowest BCUT2D eigenvalue weighted by atomic mass is 9.84. The summed E-state index contributed by atoms with van der Waals surface area (Å²) >= 11 is 0. The van der Waals surface area contributed by atoms with E-state index in [4.69, 9.17) is 4.74 Å². The lowest BCUT2D eigenvalue weighted by molar-refractivity contribution is -0.140. The van der Waals surface area contributed by atoms with Gasteiger partial charge >= 0.3 is 11.9 Å². The second kappa shape index (κ2) is 13.4. The fourth-order valence-corrected chi connectivity index (χ4v) is 7.20. The predicted molar refractivity (Wildman–Crippen MR) is 174 cm³/mol. The van der Waals surface area contributed by atoms with Gasteiger partial charge in [-0.2, -0.15) is 0 Å². The van der Waals surface area contributed by atoms with E-state index >= 15 is 0 Å². The summed E-state index contributed by atoms with van der Waals surface area (Å²) in [5.74, 6) is -1.14. The maximum atomic E-state index is 11.9. The van der Waals surface area contributed by atoms with E-state index in [9.17, 15) is 19.8 Å². The molecule has 1 atom stereocenters. The number of rotatable bonds is 11. The number of carbonyl (C=O) groups is 2. The molecular formula is C36H42N4O5. The number of benzene rings is 3. The van der Waals surface area contributed by atoms with Crippen molar-refractivity contribution in [3.63, 3.8) is 0 Å². The first-order chi connectivity index (χ1) is 21.9. The number of piperidine rings is 1. The number of methoxy groups -OCH3 is 1. The summed E-state index contributed by atoms with van der Waals surface area (Å²) in [5.41, 5.74) is 4.17. The monoisotopic (exact) mass is 610 g/mol. The Balaban J connectivity index is 1.11. The largest absolute Gasteiger partial charge is 0.478 e. The first kappa shape index (κ1) is 30.8. The molecule has 3 heterocycles. The van der Waals surface area contributed by atoms with Crippen LogP contribution in [0, 0.1) is 0 Å². The molecule has 1 aromatic heterocycles. The number of likely N-dealkylation sites (tertiary alicyclic amines) is 1. The Hall–Kier alpha value is -4.18. The summed E-state index contributed by atoms with van der Waals surface area (Å²) in [4.78, 5) is 30.2. The fourth-order valence-electron chi connectivity index (χ4n) is 7.20. The predicted octanol–water partition coefficient (Wildman–Crippen LogP) is 4.97. The number of esters is 1. The van der Waals surface area contributed by atoms with Gasteiger partial charge in [0.05, 0.1) is 24.9 Å². The molecule has 2 fully saturated rings. The van der Waals surface area contributed by atoms with E-state index in [0.717, 1.165) is 56.7 Å². The van der Waals surface area contributed by atoms with Gasteiger partial charge in [-0.05, 0) is 73.7 Å². The number of hydrogen-bond acceptors (Lipinski definition) is 7. The number of hydrogen-bond donors (Lipinski definition) is 2. The SMILES string of the molecule is COC(=O)CCc1cn(CCCN2CCC3(CC2)C(O)N(Cc2cccc(C(=O)O)c2)CN3c2ccccc2)c2ccccc12. The molecule has 4 aromatic rings. The number of aromatic nitrogens is 1. The van der Waals surface area contributed by atoms with Gasteiger partial charge in [0.25, 0.3) is 0 Å². The number of carboxylic acid groups (broad SMARTS) is 1. The number of carboxylic acids is 1. The number of para-hydroxylation sites is 2. The topological polar surface area (TPSA) is 98.5 Å². The highest BCUT2D eigenvalue weighted by Gasteiger charge is 2.53. The van der Waals surface area contributed by atoms with Gasteiger partial charge in [0.15, 0.2) is 0 Å². The molecular weight excluding hydrogens is 568 g/mol. The number of fused-ring (bicyclic) bond motifs is 1. The standard InChI is InChI=1S/C36H42N4O5/c1-45-33(41)16-15-29-25-38(32-14-6-5-13-31(29)32)20-8-19-37-21-17-36(18-22-37)35(44)39(26-40(36)30-11-3-2-4-12-30)24-27-9-7-10-28(23-27)34(42)43/h2-7,9-14,23,25,35,44H,8,15-22,24,26H2,1H3,(H,42,43). The van der Waals surface area contributed by atoms with Crippen molar-refractivity contribution in [2.75, 3.05) is 38.3 Å². The molecule has 0 amide bonds. The van der Waals surface area contributed by atoms with Crippen LogP contribution in [0.4, 0.5) is 5.69 Å². The minimum absolute atomic E-state index is 0.191. The maximum Gasteiger partial charge on any atom is 0.335 e. The molecule has 0 bridgehead atoms. The van der Waals surface area contributed by atoms with Crippen LogP contribution in [0.25, 0.3) is 10.9 Å². The summed E-state index contributed by atoms with van der Waals surface area (Å²) in [6.45, 7) is 4.68. The molecule has 9 heteroatoms. The Labute approximate surface area is 264 Å². The van der Waals surface area contributed by atoms with Crippen molar-refractivity contribution in [1.82, 2.24) is 14.4 Å². The third-order valence-electron chi connectivity index (χ3n) is 9.61. The van der Waals surface area contributed by atoms with Gasteiger partial charge in [0.2, 0.25) is 0 Å². The summed E-state index contributed by atoms with van der Waals surface area (Å²) in [5, 5.41) is 22.5. The van der Waals surface area contributed by atoms with Crippen LogP contribution in [-0.4, -0.2) is 81.7 Å². The van der Waals surface area contributed by atoms with Crippen molar-refractivity contribution < 1.29 is 24.5 Å². The van der Waals surface area contributed by atoms with Gasteiger partial charge in [0.1, 0.15) is 6.23 Å². The van der Waals surface area contributed by atoms with Crippen molar-refractivity contribution >= 4 is 28.5 Å². The molecule has 1 spiro atoms. The lowest BCUT2D eigenvalue weighted by Gasteiger charge is -2.47. The van der Waals surface area contributed by atoms with Crippen LogP contribution < -0.4 is 4.90 Å². The average molecular weight is 611 g/mol. The van der Waals surface area contributed by atoms with Crippen LogP contribution in [0.3, 0.4) is 0 Å². The zero-order valence-corrected chi connectivity index (χ0v) is 25.8. The number of aromatic carboxylic acids is 1. The van der Waals surface area contributed by atoms with Gasteiger partial charge in [-0.3, -0.25) is 9.69 Å². The zero-order valence-electron chi connectivity index (χ0n) is 25.8. The molecule has 0 saturated carbocycles. The van der Waals surface area contributed by atoms with Crippen molar-refractivity contribution in [3.8, 4) is 0 Å². The Morgan fingerprint density at radius 3 is 2.47 bits per heavy atom. The fraction of sp³-hybridized carbons (Fsp3) is 0.389. The Morgan fingerprint density at radius 1 is 0.956 bits per heavy atom. The summed E-state index contributed by atoms with van der Waals surface area (Å²) in [6, 6.07) is 25.7. The third-order valence-corrected chi connectivity index (χ3v) is 9.61. The average Bonchev–Trinajstić information content (AvgIpc) is 3.55. The van der Waals surface area contributed by atoms with Crippen molar-refractivity contribution in [1.29, 1.82) is 0 Å². The van der Waals surface area contributed by atoms with E-state index in [1.165, 1.54) is 23.6 Å². The van der Waals surface area contributed by atoms with E-state index in [1.54, 1.807) is 18.2 Å². The summed E-state index contributed by atoms with van der Waals surface area (Å²) in [6.07, 6.45) is 5.21. The summed E-state index contributed by atoms with van der Waals surface area (Å²) < 4.78 is 7.16. The molecule has 9 nitrogen and oxygen atoms in total. The van der Waals surface area contributed by atoms with Gasteiger partial charge in [-0.25, -0.2) is 4.79 Å². The highest BCUT2D eigenvalue weighted by atomic mass is 16.5. The highest BCUT2D eigenvalue weighted by molar-refractivity contribution is 5.87. The van der Waals surface area contributed by atoms with Gasteiger partial charge in [-0.1, -0.05) is 48.5 Å². The van der Waals surface area contributed by atoms with Crippen LogP contribution in [0.15, 0.2) is 85.1 Å². The summed E-state index contributed by atoms with van der Waals surface area (Å²) in [7, 11) is 1.43. The third kappa shape index (κ3) is 6.47. The molecule has 2 aliphatic heterocycles. The number of anilines is 1. The second-order valence-corrected chi connectivity index (χ2v) is 12.3. The number of aliphatic hydroxyl groups is 1. The minimum Gasteiger partial charge on any atom is -0.478 e. The van der Waals surface area contributed by atoms with Gasteiger partial charge in [-0.15, -0.1) is 0 Å². The van der Waals surface area contributed by atoms with Crippen molar-refractivity contribution in [2.24, 2.45) is 0 Å². The number of nitrogens with zero attached hydrogens (tertiary/aromatic N) is 4. The lowest BCUT2D eigenvalue weighted by Crippen LogP contribution is -2.58. The maximum absolute atomic E-state index is 11.9. The van der Waals surface area contributed by atoms with Crippen molar-refractivity contribution in [2.45, 2.75) is 57.0 Å². The second-order valence-electron chi connectivity index (χ2n) is 12.3. The molecule has 2 saturated heterocycles. The quantitative estimate of drug-likeness (QED) is 0.230. The molecule has 6 rings (SSSR count). The number of aliphatic hydroxyl groups excluding tert-OH is 1. The molecule has 236 valence electrons. The zero-order chi connectivity index (χ0) is 31.4. The van der Waals surface area contributed by atoms with Crippen LogP contribution in [0.2, 0.25) is 0 Å².